The van der Waals surface area contributed by atoms with E-state index in [-0.39, 0.29) is 11.7 Å². The molecule has 0 radical (unpaired) electrons. The molecule has 0 N–H and O–H groups in total. The van der Waals surface area contributed by atoms with Crippen LogP contribution >= 0.6 is 0 Å². The first-order valence-corrected chi connectivity index (χ1v) is 8.91. The second-order valence-corrected chi connectivity index (χ2v) is 6.75. The van der Waals surface area contributed by atoms with Crippen LogP contribution in [-0.4, -0.2) is 65.2 Å². The van der Waals surface area contributed by atoms with Crippen LogP contribution in [0.15, 0.2) is 6.07 Å². The molecule has 2 aromatic heterocycles. The van der Waals surface area contributed by atoms with Crippen molar-refractivity contribution in [1.29, 1.82) is 0 Å². The Morgan fingerprint density at radius 1 is 1.04 bits per heavy atom. The van der Waals surface area contributed by atoms with Gasteiger partial charge in [-0.05, 0) is 38.3 Å². The molecule has 0 bridgehead atoms. The van der Waals surface area contributed by atoms with Crippen LogP contribution in [-0.2, 0) is 4.74 Å². The summed E-state index contributed by atoms with van der Waals surface area (Å²) in [5.74, 6) is 0.976. The van der Waals surface area contributed by atoms with E-state index in [4.69, 9.17) is 4.74 Å². The van der Waals surface area contributed by atoms with E-state index < -0.39 is 0 Å². The molecule has 2 fully saturated rings. The largest absolute Gasteiger partial charge is 0.378 e. The number of fused-ring (bicyclic) bond motifs is 1. The van der Waals surface area contributed by atoms with Crippen LogP contribution in [0, 0.1) is 13.8 Å². The van der Waals surface area contributed by atoms with Crippen molar-refractivity contribution in [3.63, 3.8) is 0 Å². The molecule has 0 aromatic carbocycles. The van der Waals surface area contributed by atoms with Gasteiger partial charge in [0.15, 0.2) is 5.65 Å². The van der Waals surface area contributed by atoms with E-state index in [9.17, 15) is 4.79 Å². The zero-order chi connectivity index (χ0) is 17.4. The maximum absolute atomic E-state index is 12.8. The van der Waals surface area contributed by atoms with Crippen molar-refractivity contribution < 1.29 is 9.53 Å². The van der Waals surface area contributed by atoms with Gasteiger partial charge in [-0.15, -0.1) is 0 Å². The number of nitrogens with zero attached hydrogens (tertiary/aromatic N) is 5. The average molecular weight is 341 g/mol. The summed E-state index contributed by atoms with van der Waals surface area (Å²) in [5, 5.41) is 0.936. The highest BCUT2D eigenvalue weighted by atomic mass is 16.5. The first-order chi connectivity index (χ1) is 12.1. The van der Waals surface area contributed by atoms with E-state index in [1.54, 1.807) is 0 Å². The number of morpholine rings is 1. The summed E-state index contributed by atoms with van der Waals surface area (Å²) in [7, 11) is 0. The summed E-state index contributed by atoms with van der Waals surface area (Å²) < 4.78 is 5.47. The number of hydrogen-bond acceptors (Lipinski definition) is 6. The Balaban J connectivity index is 1.85. The highest BCUT2D eigenvalue weighted by molar-refractivity contribution is 5.97. The molecule has 4 heterocycles. The fourth-order valence-corrected chi connectivity index (χ4v) is 3.62. The number of carbonyl (C=O) groups excluding carboxylic acids is 1. The molecule has 2 saturated heterocycles. The number of aromatic nitrogens is 3. The summed E-state index contributed by atoms with van der Waals surface area (Å²) in [6, 6.07) is 2.04. The van der Waals surface area contributed by atoms with Crippen molar-refractivity contribution in [3.8, 4) is 0 Å². The molecule has 0 spiro atoms. The first kappa shape index (κ1) is 16.2. The molecule has 0 atom stereocenters. The van der Waals surface area contributed by atoms with Gasteiger partial charge in [0.1, 0.15) is 5.82 Å². The van der Waals surface area contributed by atoms with Gasteiger partial charge >= 0.3 is 0 Å². The van der Waals surface area contributed by atoms with Gasteiger partial charge in [-0.3, -0.25) is 4.79 Å². The molecule has 0 unspecified atom stereocenters. The number of ether oxygens (including phenoxy) is 1. The van der Waals surface area contributed by atoms with Crippen LogP contribution in [0.4, 0.5) is 5.82 Å². The van der Waals surface area contributed by atoms with Crippen LogP contribution in [0.1, 0.15) is 34.7 Å². The van der Waals surface area contributed by atoms with Crippen LogP contribution < -0.4 is 4.90 Å². The molecule has 0 aliphatic carbocycles. The molecule has 2 aromatic rings. The molecule has 7 heteroatoms. The van der Waals surface area contributed by atoms with Crippen LogP contribution in [0.3, 0.4) is 0 Å². The van der Waals surface area contributed by atoms with Crippen molar-refractivity contribution in [2.75, 3.05) is 44.3 Å². The monoisotopic (exact) mass is 341 g/mol. The smallest absolute Gasteiger partial charge is 0.291 e. The molecular weight excluding hydrogens is 318 g/mol. The zero-order valence-electron chi connectivity index (χ0n) is 14.8. The van der Waals surface area contributed by atoms with Crippen molar-refractivity contribution in [2.45, 2.75) is 26.7 Å². The third-order valence-electron chi connectivity index (χ3n) is 4.87. The van der Waals surface area contributed by atoms with Gasteiger partial charge < -0.3 is 14.5 Å². The Labute approximate surface area is 147 Å². The Bertz CT molecular complexity index is 811. The van der Waals surface area contributed by atoms with Gasteiger partial charge in [-0.2, -0.15) is 0 Å². The summed E-state index contributed by atoms with van der Waals surface area (Å²) in [6.45, 7) is 8.42. The molecule has 7 nitrogen and oxygen atoms in total. The molecule has 4 rings (SSSR count). The normalized spacial score (nSPS) is 18.2. The summed E-state index contributed by atoms with van der Waals surface area (Å²) >= 11 is 0. The average Bonchev–Trinajstić information content (AvgIpc) is 3.15. The Kier molecular flexibility index (Phi) is 4.25. The van der Waals surface area contributed by atoms with E-state index in [0.717, 1.165) is 61.5 Å². The summed E-state index contributed by atoms with van der Waals surface area (Å²) in [4.78, 5) is 30.6. The zero-order valence-corrected chi connectivity index (χ0v) is 14.8. The quantitative estimate of drug-likeness (QED) is 0.828. The topological polar surface area (TPSA) is 71.5 Å². The molecule has 1 amide bonds. The van der Waals surface area contributed by atoms with Crippen molar-refractivity contribution in [3.05, 3.63) is 23.1 Å². The number of pyridine rings is 1. The van der Waals surface area contributed by atoms with Crippen molar-refractivity contribution >= 4 is 22.8 Å². The molecule has 2 aliphatic heterocycles. The minimum absolute atomic E-state index is 0.0881. The van der Waals surface area contributed by atoms with Crippen molar-refractivity contribution in [2.24, 2.45) is 0 Å². The van der Waals surface area contributed by atoms with Crippen LogP contribution in [0.2, 0.25) is 0 Å². The number of hydrogen-bond donors (Lipinski definition) is 0. The fourth-order valence-electron chi connectivity index (χ4n) is 3.62. The van der Waals surface area contributed by atoms with E-state index in [2.05, 4.69) is 19.9 Å². The predicted molar refractivity (Wildman–Crippen MR) is 95.0 cm³/mol. The van der Waals surface area contributed by atoms with Gasteiger partial charge in [0.05, 0.1) is 18.6 Å². The van der Waals surface area contributed by atoms with Gasteiger partial charge in [-0.1, -0.05) is 0 Å². The van der Waals surface area contributed by atoms with Gasteiger partial charge in [0, 0.05) is 31.9 Å². The second kappa shape index (κ2) is 6.55. The minimum atomic E-state index is -0.0881. The third-order valence-corrected chi connectivity index (χ3v) is 4.87. The SMILES string of the molecule is Cc1cc(C)c2c(N3CCOCC3)nc(C(=O)N3CCCC3)nc2n1. The number of rotatable bonds is 2. The fraction of sp³-hybridized carbons (Fsp3) is 0.556. The number of likely N-dealkylation sites (tertiary alicyclic amines) is 1. The Morgan fingerprint density at radius 2 is 1.76 bits per heavy atom. The van der Waals surface area contributed by atoms with E-state index in [1.807, 2.05) is 24.8 Å². The van der Waals surface area contributed by atoms with Crippen LogP contribution in [0.5, 0.6) is 0 Å². The van der Waals surface area contributed by atoms with Gasteiger partial charge in [0.25, 0.3) is 5.91 Å². The number of aryl methyl sites for hydroxylation is 2. The summed E-state index contributed by atoms with van der Waals surface area (Å²) in [6.07, 6.45) is 2.10. The lowest BCUT2D eigenvalue weighted by atomic mass is 10.1. The maximum Gasteiger partial charge on any atom is 0.291 e. The first-order valence-electron chi connectivity index (χ1n) is 8.91. The Morgan fingerprint density at radius 3 is 2.48 bits per heavy atom. The number of carbonyl (C=O) groups is 1. The van der Waals surface area contributed by atoms with E-state index in [1.165, 1.54) is 0 Å². The van der Waals surface area contributed by atoms with Gasteiger partial charge in [0.2, 0.25) is 5.82 Å². The standard InChI is InChI=1S/C18H23N5O2/c1-12-11-13(2)19-15-14(12)17(22-7-9-25-10-8-22)21-16(20-15)18(24)23-5-3-4-6-23/h11H,3-10H2,1-2H3. The second-order valence-electron chi connectivity index (χ2n) is 6.75. The van der Waals surface area contributed by atoms with Gasteiger partial charge in [-0.25, -0.2) is 15.0 Å². The van der Waals surface area contributed by atoms with Crippen LogP contribution in [0.25, 0.3) is 11.0 Å². The Hall–Kier alpha value is -2.28. The molecule has 2 aliphatic rings. The van der Waals surface area contributed by atoms with Crippen molar-refractivity contribution in [1.82, 2.24) is 19.9 Å². The lowest BCUT2D eigenvalue weighted by Gasteiger charge is -2.29. The van der Waals surface area contributed by atoms with E-state index in [0.29, 0.717) is 18.9 Å². The molecule has 25 heavy (non-hydrogen) atoms. The third kappa shape index (κ3) is 3.04. The summed E-state index contributed by atoms with van der Waals surface area (Å²) in [5.41, 5.74) is 2.59. The molecule has 132 valence electrons. The lowest BCUT2D eigenvalue weighted by molar-refractivity contribution is 0.0781. The highest BCUT2D eigenvalue weighted by Crippen LogP contribution is 2.28. The number of amides is 1. The minimum Gasteiger partial charge on any atom is -0.378 e. The lowest BCUT2D eigenvalue weighted by Crippen LogP contribution is -2.38. The molecular formula is C18H23N5O2. The van der Waals surface area contributed by atoms with E-state index >= 15 is 0 Å². The number of anilines is 1. The maximum atomic E-state index is 12.8. The molecule has 0 saturated carbocycles. The highest BCUT2D eigenvalue weighted by Gasteiger charge is 2.26. The predicted octanol–water partition coefficient (Wildman–Crippen LogP) is 1.71.